The lowest BCUT2D eigenvalue weighted by Gasteiger charge is -2.14. The van der Waals surface area contributed by atoms with Crippen molar-refractivity contribution in [3.05, 3.63) is 29.8 Å². The molecule has 5 nitrogen and oxygen atoms in total. The molecule has 3 unspecified atom stereocenters. The van der Waals surface area contributed by atoms with E-state index in [1.807, 2.05) is 6.92 Å². The summed E-state index contributed by atoms with van der Waals surface area (Å²) in [5, 5.41) is 20.9. The second-order valence-electron chi connectivity index (χ2n) is 5.09. The molecule has 1 fully saturated rings. The van der Waals surface area contributed by atoms with Gasteiger partial charge in [0.1, 0.15) is 11.8 Å². The van der Waals surface area contributed by atoms with Gasteiger partial charge in [-0.25, -0.2) is 4.79 Å². The average Bonchev–Trinajstić information content (AvgIpc) is 3.08. The highest BCUT2D eigenvalue weighted by Gasteiger charge is 2.40. The zero-order chi connectivity index (χ0) is 14.0. The van der Waals surface area contributed by atoms with Gasteiger partial charge in [0.15, 0.2) is 0 Å². The third-order valence-electron chi connectivity index (χ3n) is 3.44. The van der Waals surface area contributed by atoms with Gasteiger partial charge in [-0.15, -0.1) is 0 Å². The summed E-state index contributed by atoms with van der Waals surface area (Å²) < 4.78 is 0. The van der Waals surface area contributed by atoms with E-state index in [2.05, 4.69) is 5.32 Å². The summed E-state index contributed by atoms with van der Waals surface area (Å²) in [6, 6.07) is 5.37. The van der Waals surface area contributed by atoms with E-state index in [9.17, 15) is 9.59 Å². The SMILES string of the molecule is CC1CC1C(=O)NC(Cc1ccc(O)cc1)C(=O)O. The number of hydrogen-bond acceptors (Lipinski definition) is 3. The highest BCUT2D eigenvalue weighted by molar-refractivity contribution is 5.86. The molecule has 0 saturated heterocycles. The number of nitrogens with one attached hydrogen (secondary N) is 1. The van der Waals surface area contributed by atoms with Crippen molar-refractivity contribution in [3.63, 3.8) is 0 Å². The van der Waals surface area contributed by atoms with Gasteiger partial charge in [0, 0.05) is 12.3 Å². The standard InChI is InChI=1S/C14H17NO4/c1-8-6-11(8)13(17)15-12(14(18)19)7-9-2-4-10(16)5-3-9/h2-5,8,11-12,16H,6-7H2,1H3,(H,15,17)(H,18,19). The Morgan fingerprint density at radius 3 is 2.42 bits per heavy atom. The van der Waals surface area contributed by atoms with Gasteiger partial charge in [-0.1, -0.05) is 19.1 Å². The lowest BCUT2D eigenvalue weighted by molar-refractivity contribution is -0.142. The number of carboxylic acid groups (broad SMARTS) is 1. The Balaban J connectivity index is 1.98. The van der Waals surface area contributed by atoms with Crippen LogP contribution in [0.1, 0.15) is 18.9 Å². The number of carbonyl (C=O) groups excluding carboxylic acids is 1. The predicted octanol–water partition coefficient (Wildman–Crippen LogP) is 1.16. The lowest BCUT2D eigenvalue weighted by atomic mass is 10.1. The van der Waals surface area contributed by atoms with Crippen LogP contribution in [0.2, 0.25) is 0 Å². The number of benzene rings is 1. The van der Waals surface area contributed by atoms with Crippen molar-refractivity contribution < 1.29 is 19.8 Å². The summed E-state index contributed by atoms with van der Waals surface area (Å²) in [6.45, 7) is 1.97. The van der Waals surface area contributed by atoms with Crippen molar-refractivity contribution in [1.82, 2.24) is 5.32 Å². The molecule has 1 aromatic carbocycles. The molecule has 1 saturated carbocycles. The molecule has 2 rings (SSSR count). The van der Waals surface area contributed by atoms with Gasteiger partial charge in [0.2, 0.25) is 5.91 Å². The highest BCUT2D eigenvalue weighted by atomic mass is 16.4. The Morgan fingerprint density at radius 1 is 1.37 bits per heavy atom. The van der Waals surface area contributed by atoms with Crippen molar-refractivity contribution in [3.8, 4) is 5.75 Å². The third-order valence-corrected chi connectivity index (χ3v) is 3.44. The zero-order valence-corrected chi connectivity index (χ0v) is 10.7. The maximum atomic E-state index is 11.8. The molecule has 0 aliphatic heterocycles. The molecule has 1 aliphatic rings. The Bertz CT molecular complexity index is 483. The number of carbonyl (C=O) groups is 2. The van der Waals surface area contributed by atoms with Crippen LogP contribution in [-0.2, 0) is 16.0 Å². The fraction of sp³-hybridized carbons (Fsp3) is 0.429. The molecule has 3 atom stereocenters. The molecular weight excluding hydrogens is 246 g/mol. The minimum absolute atomic E-state index is 0.0401. The molecule has 1 amide bonds. The molecular formula is C14H17NO4. The van der Waals surface area contributed by atoms with Crippen LogP contribution in [0.15, 0.2) is 24.3 Å². The Kier molecular flexibility index (Phi) is 3.74. The first kappa shape index (κ1) is 13.4. The monoisotopic (exact) mass is 263 g/mol. The minimum Gasteiger partial charge on any atom is -0.508 e. The van der Waals surface area contributed by atoms with Gasteiger partial charge in [-0.05, 0) is 30.0 Å². The molecule has 5 heteroatoms. The van der Waals surface area contributed by atoms with Gasteiger partial charge < -0.3 is 15.5 Å². The summed E-state index contributed by atoms with van der Waals surface area (Å²) in [4.78, 5) is 22.9. The van der Waals surface area contributed by atoms with Crippen molar-refractivity contribution >= 4 is 11.9 Å². The number of carboxylic acids is 1. The second kappa shape index (κ2) is 5.30. The number of aromatic hydroxyl groups is 1. The van der Waals surface area contributed by atoms with Crippen LogP contribution in [0.5, 0.6) is 5.75 Å². The van der Waals surface area contributed by atoms with Crippen LogP contribution in [-0.4, -0.2) is 28.1 Å². The number of rotatable bonds is 5. The number of phenolic OH excluding ortho intramolecular Hbond substituents is 1. The van der Waals surface area contributed by atoms with Crippen molar-refractivity contribution in [2.24, 2.45) is 11.8 Å². The Labute approximate surface area is 111 Å². The molecule has 19 heavy (non-hydrogen) atoms. The van der Waals surface area contributed by atoms with Crippen molar-refractivity contribution in [2.45, 2.75) is 25.8 Å². The normalized spacial score (nSPS) is 22.6. The fourth-order valence-electron chi connectivity index (χ4n) is 2.03. The van der Waals surface area contributed by atoms with Crippen LogP contribution in [0, 0.1) is 11.8 Å². The van der Waals surface area contributed by atoms with E-state index in [-0.39, 0.29) is 24.0 Å². The van der Waals surface area contributed by atoms with E-state index in [0.29, 0.717) is 5.92 Å². The fourth-order valence-corrected chi connectivity index (χ4v) is 2.03. The lowest BCUT2D eigenvalue weighted by Crippen LogP contribution is -2.43. The van der Waals surface area contributed by atoms with Crippen molar-refractivity contribution in [1.29, 1.82) is 0 Å². The smallest absolute Gasteiger partial charge is 0.326 e. The van der Waals surface area contributed by atoms with E-state index in [4.69, 9.17) is 10.2 Å². The molecule has 0 spiro atoms. The number of amides is 1. The van der Waals surface area contributed by atoms with Gasteiger partial charge in [0.05, 0.1) is 0 Å². The molecule has 1 aromatic rings. The van der Waals surface area contributed by atoms with Crippen LogP contribution in [0.25, 0.3) is 0 Å². The van der Waals surface area contributed by atoms with E-state index in [1.165, 1.54) is 12.1 Å². The van der Waals surface area contributed by atoms with Crippen LogP contribution < -0.4 is 5.32 Å². The largest absolute Gasteiger partial charge is 0.508 e. The first-order chi connectivity index (χ1) is 8.97. The molecule has 0 bridgehead atoms. The first-order valence-corrected chi connectivity index (χ1v) is 6.28. The minimum atomic E-state index is -1.05. The van der Waals surface area contributed by atoms with Crippen LogP contribution in [0.3, 0.4) is 0 Å². The van der Waals surface area contributed by atoms with Crippen molar-refractivity contribution in [2.75, 3.05) is 0 Å². The van der Waals surface area contributed by atoms with E-state index in [1.54, 1.807) is 12.1 Å². The molecule has 0 heterocycles. The Morgan fingerprint density at radius 2 is 1.95 bits per heavy atom. The highest BCUT2D eigenvalue weighted by Crippen LogP contribution is 2.37. The molecule has 3 N–H and O–H groups in total. The molecule has 1 aliphatic carbocycles. The second-order valence-corrected chi connectivity index (χ2v) is 5.09. The maximum absolute atomic E-state index is 11.8. The van der Waals surface area contributed by atoms with E-state index < -0.39 is 12.0 Å². The summed E-state index contributed by atoms with van der Waals surface area (Å²) in [6.07, 6.45) is 1.04. The van der Waals surface area contributed by atoms with Gasteiger partial charge >= 0.3 is 5.97 Å². The zero-order valence-electron chi connectivity index (χ0n) is 10.7. The summed E-state index contributed by atoms with van der Waals surface area (Å²) in [5.74, 6) is -0.787. The van der Waals surface area contributed by atoms with Crippen LogP contribution in [0.4, 0.5) is 0 Å². The molecule has 0 aromatic heterocycles. The number of hydrogen-bond donors (Lipinski definition) is 3. The van der Waals surface area contributed by atoms with Gasteiger partial charge in [-0.2, -0.15) is 0 Å². The topological polar surface area (TPSA) is 86.6 Å². The average molecular weight is 263 g/mol. The summed E-state index contributed by atoms with van der Waals surface area (Å²) in [5.41, 5.74) is 0.759. The van der Waals surface area contributed by atoms with E-state index >= 15 is 0 Å². The van der Waals surface area contributed by atoms with Gasteiger partial charge in [0.25, 0.3) is 0 Å². The summed E-state index contributed by atoms with van der Waals surface area (Å²) in [7, 11) is 0. The van der Waals surface area contributed by atoms with Crippen LogP contribution >= 0.6 is 0 Å². The number of phenols is 1. The predicted molar refractivity (Wildman–Crippen MR) is 68.6 cm³/mol. The third kappa shape index (κ3) is 3.47. The quantitative estimate of drug-likeness (QED) is 0.744. The van der Waals surface area contributed by atoms with E-state index in [0.717, 1.165) is 12.0 Å². The maximum Gasteiger partial charge on any atom is 0.326 e. The Hall–Kier alpha value is -2.04. The first-order valence-electron chi connectivity index (χ1n) is 6.28. The summed E-state index contributed by atoms with van der Waals surface area (Å²) >= 11 is 0. The molecule has 102 valence electrons. The molecule has 0 radical (unpaired) electrons. The number of aliphatic carboxylic acids is 1. The van der Waals surface area contributed by atoms with Gasteiger partial charge in [-0.3, -0.25) is 4.79 Å².